The van der Waals surface area contributed by atoms with Gasteiger partial charge in [0, 0.05) is 32.1 Å². The van der Waals surface area contributed by atoms with Crippen molar-refractivity contribution in [3.63, 3.8) is 0 Å². The molecular weight excluding hydrogens is 311 g/mol. The molecule has 6 nitrogen and oxygen atoms in total. The van der Waals surface area contributed by atoms with Crippen molar-refractivity contribution >= 4 is 17.4 Å². The van der Waals surface area contributed by atoms with E-state index in [4.69, 9.17) is 0 Å². The van der Waals surface area contributed by atoms with Gasteiger partial charge in [0.25, 0.3) is 5.91 Å². The van der Waals surface area contributed by atoms with Gasteiger partial charge in [-0.1, -0.05) is 0 Å². The van der Waals surface area contributed by atoms with Crippen LogP contribution < -0.4 is 10.2 Å². The first-order valence-electron chi connectivity index (χ1n) is 7.90. The third-order valence-electron chi connectivity index (χ3n) is 4.17. The molecule has 0 saturated carbocycles. The second kappa shape index (κ2) is 7.35. The first kappa shape index (κ1) is 16.3. The van der Waals surface area contributed by atoms with Gasteiger partial charge in [-0.3, -0.25) is 9.78 Å². The zero-order valence-electron chi connectivity index (χ0n) is 13.2. The number of nitrogens with one attached hydrogen (secondary N) is 1. The minimum atomic E-state index is -0.555. The third-order valence-corrected chi connectivity index (χ3v) is 4.17. The second-order valence-corrected chi connectivity index (χ2v) is 5.83. The Bertz CT molecular complexity index is 717. The van der Waals surface area contributed by atoms with Gasteiger partial charge < -0.3 is 15.3 Å². The molecule has 126 valence electrons. The fourth-order valence-corrected chi connectivity index (χ4v) is 2.80. The van der Waals surface area contributed by atoms with Gasteiger partial charge in [-0.25, -0.2) is 9.37 Å². The lowest BCUT2D eigenvalue weighted by Crippen LogP contribution is -2.35. The Hall–Kier alpha value is -2.54. The molecule has 0 bridgehead atoms. The Labute approximate surface area is 139 Å². The molecule has 24 heavy (non-hydrogen) atoms. The van der Waals surface area contributed by atoms with E-state index in [9.17, 15) is 14.3 Å². The molecule has 0 aromatic carbocycles. The van der Waals surface area contributed by atoms with Crippen molar-refractivity contribution < 1.29 is 14.3 Å². The number of hydrogen-bond donors (Lipinski definition) is 2. The van der Waals surface area contributed by atoms with Crippen LogP contribution in [0, 0.1) is 11.7 Å². The summed E-state index contributed by atoms with van der Waals surface area (Å²) in [7, 11) is 0. The number of halogens is 1. The number of aliphatic hydroxyl groups excluding tert-OH is 1. The topological polar surface area (TPSA) is 78.4 Å². The highest BCUT2D eigenvalue weighted by molar-refractivity contribution is 6.05. The minimum absolute atomic E-state index is 0.156. The maximum atomic E-state index is 13.2. The summed E-state index contributed by atoms with van der Waals surface area (Å²) in [6.45, 7) is 1.74. The van der Waals surface area contributed by atoms with Crippen LogP contribution in [-0.2, 0) is 0 Å². The Morgan fingerprint density at radius 3 is 2.88 bits per heavy atom. The summed E-state index contributed by atoms with van der Waals surface area (Å²) in [5, 5.41) is 12.0. The number of aromatic nitrogens is 2. The van der Waals surface area contributed by atoms with Gasteiger partial charge in [0.15, 0.2) is 5.82 Å². The van der Waals surface area contributed by atoms with Crippen LogP contribution >= 0.6 is 0 Å². The monoisotopic (exact) mass is 330 g/mol. The van der Waals surface area contributed by atoms with E-state index in [1.807, 2.05) is 0 Å². The minimum Gasteiger partial charge on any atom is -0.396 e. The summed E-state index contributed by atoms with van der Waals surface area (Å²) in [5.41, 5.74) is 0.734. The fraction of sp³-hybridized carbons (Fsp3) is 0.353. The van der Waals surface area contributed by atoms with E-state index in [-0.39, 0.29) is 12.2 Å². The SMILES string of the molecule is O=C(Nc1cccnc1N1CCC(CO)CC1)c1cncc(F)c1. The van der Waals surface area contributed by atoms with E-state index in [2.05, 4.69) is 20.2 Å². The lowest BCUT2D eigenvalue weighted by atomic mass is 9.98. The number of rotatable bonds is 4. The Kier molecular flexibility index (Phi) is 5.00. The number of pyridine rings is 2. The standard InChI is InChI=1S/C17H19FN4O2/c18-14-8-13(9-19-10-14)17(24)21-15-2-1-5-20-16(15)22-6-3-12(11-23)4-7-22/h1-2,5,8-10,12,23H,3-4,6-7,11H2,(H,21,24). The molecule has 1 aliphatic rings. The van der Waals surface area contributed by atoms with Gasteiger partial charge in [0.2, 0.25) is 0 Å². The molecule has 2 aromatic rings. The fourth-order valence-electron chi connectivity index (χ4n) is 2.80. The Balaban J connectivity index is 1.76. The zero-order chi connectivity index (χ0) is 16.9. The maximum Gasteiger partial charge on any atom is 0.257 e. The highest BCUT2D eigenvalue weighted by Gasteiger charge is 2.22. The lowest BCUT2D eigenvalue weighted by Gasteiger charge is -2.33. The van der Waals surface area contributed by atoms with Gasteiger partial charge in [0.05, 0.1) is 17.4 Å². The number of aliphatic hydroxyl groups is 1. The van der Waals surface area contributed by atoms with Crippen molar-refractivity contribution in [1.82, 2.24) is 9.97 Å². The summed E-state index contributed by atoms with van der Waals surface area (Å²) in [4.78, 5) is 22.5. The number of carbonyl (C=O) groups is 1. The van der Waals surface area contributed by atoms with E-state index < -0.39 is 11.7 Å². The third kappa shape index (κ3) is 3.68. The van der Waals surface area contributed by atoms with E-state index in [0.29, 0.717) is 17.4 Å². The molecule has 7 heteroatoms. The largest absolute Gasteiger partial charge is 0.396 e. The predicted molar refractivity (Wildman–Crippen MR) is 88.4 cm³/mol. The summed E-state index contributed by atoms with van der Waals surface area (Å²) in [5.74, 6) is 0.0228. The molecular formula is C17H19FN4O2. The Morgan fingerprint density at radius 1 is 1.38 bits per heavy atom. The van der Waals surface area contributed by atoms with E-state index in [0.717, 1.165) is 38.2 Å². The number of anilines is 2. The molecule has 2 aromatic heterocycles. The van der Waals surface area contributed by atoms with Crippen molar-refractivity contribution in [2.24, 2.45) is 5.92 Å². The first-order chi connectivity index (χ1) is 11.7. The molecule has 0 atom stereocenters. The molecule has 1 fully saturated rings. The van der Waals surface area contributed by atoms with Crippen molar-refractivity contribution in [3.8, 4) is 0 Å². The molecule has 0 radical (unpaired) electrons. The van der Waals surface area contributed by atoms with E-state index in [1.54, 1.807) is 18.3 Å². The van der Waals surface area contributed by atoms with Gasteiger partial charge in [-0.2, -0.15) is 0 Å². The number of amides is 1. The average Bonchev–Trinajstić information content (AvgIpc) is 2.62. The van der Waals surface area contributed by atoms with E-state index in [1.165, 1.54) is 6.20 Å². The molecule has 0 aliphatic carbocycles. The maximum absolute atomic E-state index is 13.2. The van der Waals surface area contributed by atoms with Gasteiger partial charge in [0.1, 0.15) is 5.82 Å². The molecule has 1 amide bonds. The van der Waals surface area contributed by atoms with Crippen LogP contribution in [0.5, 0.6) is 0 Å². The predicted octanol–water partition coefficient (Wildman–Crippen LogP) is 2.08. The number of piperidine rings is 1. The smallest absolute Gasteiger partial charge is 0.257 e. The molecule has 1 saturated heterocycles. The summed E-state index contributed by atoms with van der Waals surface area (Å²) < 4.78 is 13.2. The highest BCUT2D eigenvalue weighted by atomic mass is 19.1. The van der Waals surface area contributed by atoms with E-state index >= 15 is 0 Å². The van der Waals surface area contributed by atoms with Crippen LogP contribution in [0.4, 0.5) is 15.9 Å². The molecule has 0 unspecified atom stereocenters. The van der Waals surface area contributed by atoms with Crippen molar-refractivity contribution in [2.75, 3.05) is 29.9 Å². The highest BCUT2D eigenvalue weighted by Crippen LogP contribution is 2.27. The van der Waals surface area contributed by atoms with Crippen molar-refractivity contribution in [2.45, 2.75) is 12.8 Å². The summed E-state index contributed by atoms with van der Waals surface area (Å²) in [6.07, 6.45) is 5.81. The first-order valence-corrected chi connectivity index (χ1v) is 7.90. The molecule has 1 aliphatic heterocycles. The van der Waals surface area contributed by atoms with Crippen LogP contribution in [0.15, 0.2) is 36.8 Å². The number of carbonyl (C=O) groups excluding carboxylic acids is 1. The molecule has 2 N–H and O–H groups in total. The molecule has 0 spiro atoms. The quantitative estimate of drug-likeness (QED) is 0.897. The van der Waals surface area contributed by atoms with Crippen molar-refractivity contribution in [1.29, 1.82) is 0 Å². The Morgan fingerprint density at radius 2 is 2.17 bits per heavy atom. The average molecular weight is 330 g/mol. The van der Waals surface area contributed by atoms with Gasteiger partial charge in [-0.15, -0.1) is 0 Å². The van der Waals surface area contributed by atoms with Crippen LogP contribution in [0.2, 0.25) is 0 Å². The molecule has 3 rings (SSSR count). The summed E-state index contributed by atoms with van der Waals surface area (Å²) >= 11 is 0. The van der Waals surface area contributed by atoms with Crippen LogP contribution in [-0.4, -0.2) is 40.7 Å². The lowest BCUT2D eigenvalue weighted by molar-refractivity contribution is 0.102. The van der Waals surface area contributed by atoms with Crippen LogP contribution in [0.3, 0.4) is 0 Å². The zero-order valence-corrected chi connectivity index (χ0v) is 13.2. The van der Waals surface area contributed by atoms with Crippen LogP contribution in [0.1, 0.15) is 23.2 Å². The second-order valence-electron chi connectivity index (χ2n) is 5.83. The normalized spacial score (nSPS) is 15.3. The van der Waals surface area contributed by atoms with Gasteiger partial charge >= 0.3 is 0 Å². The molecule has 3 heterocycles. The van der Waals surface area contributed by atoms with Crippen LogP contribution in [0.25, 0.3) is 0 Å². The van der Waals surface area contributed by atoms with Gasteiger partial charge in [-0.05, 0) is 37.0 Å². The summed E-state index contributed by atoms with van der Waals surface area (Å²) in [6, 6.07) is 4.65. The number of hydrogen-bond acceptors (Lipinski definition) is 5. The van der Waals surface area contributed by atoms with Crippen molar-refractivity contribution in [3.05, 3.63) is 48.2 Å². The number of nitrogens with zero attached hydrogens (tertiary/aromatic N) is 3.